The van der Waals surface area contributed by atoms with Gasteiger partial charge in [0.25, 0.3) is 0 Å². The molecular weight excluding hydrogens is 485 g/mol. The zero-order chi connectivity index (χ0) is 25.7. The maximum Gasteiger partial charge on any atom is 0.304 e. The number of ether oxygens (including phenoxy) is 2. The van der Waals surface area contributed by atoms with Gasteiger partial charge in [0.05, 0.1) is 19.2 Å². The van der Waals surface area contributed by atoms with Crippen LogP contribution in [0.25, 0.3) is 22.4 Å². The summed E-state index contributed by atoms with van der Waals surface area (Å²) in [4.78, 5) is 35.1. The summed E-state index contributed by atoms with van der Waals surface area (Å²) >= 11 is 1.25. The van der Waals surface area contributed by atoms with Crippen LogP contribution in [-0.2, 0) is 14.3 Å². The van der Waals surface area contributed by atoms with Crippen molar-refractivity contribution in [3.05, 3.63) is 47.7 Å². The highest BCUT2D eigenvalue weighted by atomic mass is 32.1. The maximum absolute atomic E-state index is 14.2. The normalized spacial score (nSPS) is 14.9. The molecule has 1 aliphatic rings. The summed E-state index contributed by atoms with van der Waals surface area (Å²) in [6, 6.07) is 8.00. The molecule has 190 valence electrons. The number of carbonyl (C=O) groups excluding carboxylic acids is 1. The first-order valence-electron chi connectivity index (χ1n) is 11.7. The Balaban J connectivity index is 1.58. The van der Waals surface area contributed by atoms with E-state index in [2.05, 4.69) is 9.97 Å². The molecule has 1 N–H and O–H groups in total. The molecule has 1 atom stereocenters. The van der Waals surface area contributed by atoms with Crippen molar-refractivity contribution in [1.29, 1.82) is 0 Å². The van der Waals surface area contributed by atoms with Gasteiger partial charge in [-0.15, -0.1) is 11.3 Å². The number of nitrogens with zero attached hydrogens (tertiary/aromatic N) is 3. The van der Waals surface area contributed by atoms with Gasteiger partial charge in [-0.1, -0.05) is 6.07 Å². The maximum atomic E-state index is 14.2. The third-order valence-corrected chi connectivity index (χ3v) is 7.27. The lowest BCUT2D eigenvalue weighted by Crippen LogP contribution is -2.35. The fourth-order valence-corrected chi connectivity index (χ4v) is 5.21. The van der Waals surface area contributed by atoms with Gasteiger partial charge in [0, 0.05) is 54.9 Å². The summed E-state index contributed by atoms with van der Waals surface area (Å²) in [7, 11) is 3.13. The molecule has 0 unspecified atom stereocenters. The number of rotatable bonds is 9. The summed E-state index contributed by atoms with van der Waals surface area (Å²) < 4.78 is 24.7. The lowest BCUT2D eigenvalue weighted by molar-refractivity contribution is -0.141. The monoisotopic (exact) mass is 513 g/mol. The Labute approximate surface area is 212 Å². The first-order valence-corrected chi connectivity index (χ1v) is 12.6. The van der Waals surface area contributed by atoms with E-state index in [1.54, 1.807) is 30.8 Å². The summed E-state index contributed by atoms with van der Waals surface area (Å²) in [6.45, 7) is 1.26. The van der Waals surface area contributed by atoms with Crippen LogP contribution in [0, 0.1) is 17.7 Å². The van der Waals surface area contributed by atoms with Gasteiger partial charge in [-0.05, 0) is 48.9 Å². The Morgan fingerprint density at radius 2 is 2.03 bits per heavy atom. The van der Waals surface area contributed by atoms with Crippen LogP contribution < -0.4 is 9.64 Å². The fourth-order valence-electron chi connectivity index (χ4n) is 4.42. The standard InChI is InChI=1S/C26H28FN3O5S/c1-30(25(33)18(12-24(31)32)11-16-7-9-35-10-8-16)26-29-22(15-36-26)21-13-19(27)4-5-20(21)17-3-6-23(34-2)28-14-17/h3-6,13-16,18H,7-12H2,1-2H3,(H,31,32)/t18-/m1/s1. The van der Waals surface area contributed by atoms with Crippen LogP contribution >= 0.6 is 11.3 Å². The molecule has 8 nitrogen and oxygen atoms in total. The number of halogens is 1. The van der Waals surface area contributed by atoms with Crippen molar-refractivity contribution in [2.75, 3.05) is 32.3 Å². The zero-order valence-corrected chi connectivity index (χ0v) is 21.0. The molecule has 0 radical (unpaired) electrons. The molecule has 3 aromatic rings. The van der Waals surface area contributed by atoms with Crippen LogP contribution in [0.2, 0.25) is 0 Å². The number of hydrogen-bond donors (Lipinski definition) is 1. The number of methoxy groups -OCH3 is 1. The van der Waals surface area contributed by atoms with Crippen LogP contribution in [0.15, 0.2) is 41.9 Å². The highest BCUT2D eigenvalue weighted by Gasteiger charge is 2.30. The van der Waals surface area contributed by atoms with Gasteiger partial charge in [0.1, 0.15) is 5.82 Å². The van der Waals surface area contributed by atoms with E-state index in [1.807, 2.05) is 6.07 Å². The Bertz CT molecular complexity index is 1210. The number of pyridine rings is 1. The van der Waals surface area contributed by atoms with E-state index in [0.717, 1.165) is 24.0 Å². The van der Waals surface area contributed by atoms with E-state index in [0.29, 0.717) is 41.9 Å². The molecule has 1 saturated heterocycles. The van der Waals surface area contributed by atoms with Crippen molar-refractivity contribution in [2.45, 2.75) is 25.7 Å². The highest BCUT2D eigenvalue weighted by Crippen LogP contribution is 2.36. The number of benzene rings is 1. The van der Waals surface area contributed by atoms with Crippen molar-refractivity contribution in [2.24, 2.45) is 11.8 Å². The molecule has 0 spiro atoms. The van der Waals surface area contributed by atoms with Crippen molar-refractivity contribution < 1.29 is 28.6 Å². The molecule has 0 saturated carbocycles. The van der Waals surface area contributed by atoms with Gasteiger partial charge in [-0.2, -0.15) is 0 Å². The zero-order valence-electron chi connectivity index (χ0n) is 20.1. The average Bonchev–Trinajstić information content (AvgIpc) is 3.38. The third-order valence-electron chi connectivity index (χ3n) is 6.35. The van der Waals surface area contributed by atoms with Gasteiger partial charge < -0.3 is 14.6 Å². The van der Waals surface area contributed by atoms with Crippen LogP contribution in [0.4, 0.5) is 9.52 Å². The third kappa shape index (κ3) is 6.06. The predicted molar refractivity (Wildman–Crippen MR) is 135 cm³/mol. The summed E-state index contributed by atoms with van der Waals surface area (Å²) in [5, 5.41) is 11.6. The van der Waals surface area contributed by atoms with E-state index in [4.69, 9.17) is 9.47 Å². The summed E-state index contributed by atoms with van der Waals surface area (Å²) in [5.41, 5.74) is 2.58. The number of aromatic nitrogens is 2. The number of amides is 1. The van der Waals surface area contributed by atoms with E-state index >= 15 is 0 Å². The van der Waals surface area contributed by atoms with Gasteiger partial charge in [-0.25, -0.2) is 14.4 Å². The summed E-state index contributed by atoms with van der Waals surface area (Å²) in [5.74, 6) is -1.64. The molecule has 4 rings (SSSR count). The number of carboxylic acids is 1. The molecule has 2 aromatic heterocycles. The molecule has 36 heavy (non-hydrogen) atoms. The van der Waals surface area contributed by atoms with Crippen LogP contribution in [0.1, 0.15) is 25.7 Å². The number of aliphatic carboxylic acids is 1. The minimum absolute atomic E-state index is 0.239. The number of carbonyl (C=O) groups is 2. The van der Waals surface area contributed by atoms with Crippen LogP contribution in [0.3, 0.4) is 0 Å². The molecule has 10 heteroatoms. The SMILES string of the molecule is COc1ccc(-c2ccc(F)cc2-c2csc(N(C)C(=O)[C@@H](CC(=O)O)CC3CCOCC3)n2)cn1. The highest BCUT2D eigenvalue weighted by molar-refractivity contribution is 7.14. The van der Waals surface area contributed by atoms with Gasteiger partial charge in [0.15, 0.2) is 5.13 Å². The first kappa shape index (κ1) is 25.7. The van der Waals surface area contributed by atoms with E-state index in [-0.39, 0.29) is 18.2 Å². The lowest BCUT2D eigenvalue weighted by Gasteiger charge is -2.27. The van der Waals surface area contributed by atoms with Crippen molar-refractivity contribution in [3.8, 4) is 28.3 Å². The molecular formula is C26H28FN3O5S. The largest absolute Gasteiger partial charge is 0.481 e. The molecule has 1 fully saturated rings. The number of carboxylic acid groups (broad SMARTS) is 1. The topological polar surface area (TPSA) is 102 Å². The first-order chi connectivity index (χ1) is 17.4. The molecule has 1 aromatic carbocycles. The van der Waals surface area contributed by atoms with Gasteiger partial charge >= 0.3 is 5.97 Å². The Kier molecular flexibility index (Phi) is 8.27. The van der Waals surface area contributed by atoms with Crippen molar-refractivity contribution in [1.82, 2.24) is 9.97 Å². The van der Waals surface area contributed by atoms with Crippen molar-refractivity contribution in [3.63, 3.8) is 0 Å². The smallest absolute Gasteiger partial charge is 0.304 e. The molecule has 3 heterocycles. The van der Waals surface area contributed by atoms with E-state index in [1.165, 1.54) is 35.5 Å². The molecule has 0 bridgehead atoms. The Morgan fingerprint density at radius 1 is 1.25 bits per heavy atom. The fraction of sp³-hybridized carbons (Fsp3) is 0.385. The molecule has 0 aliphatic carbocycles. The molecule has 1 amide bonds. The quantitative estimate of drug-likeness (QED) is 0.435. The molecule has 1 aliphatic heterocycles. The minimum atomic E-state index is -1.01. The van der Waals surface area contributed by atoms with Crippen LogP contribution in [0.5, 0.6) is 5.88 Å². The number of anilines is 1. The number of hydrogen-bond acceptors (Lipinski definition) is 7. The second-order valence-electron chi connectivity index (χ2n) is 8.78. The number of thiazole rings is 1. The Hall–Kier alpha value is -3.37. The van der Waals surface area contributed by atoms with E-state index < -0.39 is 17.7 Å². The van der Waals surface area contributed by atoms with E-state index in [9.17, 15) is 19.1 Å². The second kappa shape index (κ2) is 11.6. The van der Waals surface area contributed by atoms with Gasteiger partial charge in [-0.3, -0.25) is 14.5 Å². The Morgan fingerprint density at radius 3 is 2.69 bits per heavy atom. The predicted octanol–water partition coefficient (Wildman–Crippen LogP) is 4.89. The lowest BCUT2D eigenvalue weighted by atomic mass is 9.86. The van der Waals surface area contributed by atoms with Gasteiger partial charge in [0.2, 0.25) is 11.8 Å². The minimum Gasteiger partial charge on any atom is -0.481 e. The van der Waals surface area contributed by atoms with Crippen LogP contribution in [-0.4, -0.2) is 54.3 Å². The average molecular weight is 514 g/mol. The second-order valence-corrected chi connectivity index (χ2v) is 9.61. The van der Waals surface area contributed by atoms with Crippen molar-refractivity contribution >= 4 is 28.3 Å². The summed E-state index contributed by atoms with van der Waals surface area (Å²) in [6.07, 6.45) is 3.53.